The molecule has 37 heavy (non-hydrogen) atoms. The lowest BCUT2D eigenvalue weighted by Gasteiger charge is -2.30. The van der Waals surface area contributed by atoms with Crippen LogP contribution in [0.4, 0.5) is 17.1 Å². The number of nitrogens with one attached hydrogen (secondary N) is 1. The van der Waals surface area contributed by atoms with Gasteiger partial charge in [0.15, 0.2) is 0 Å². The molecule has 1 saturated carbocycles. The highest BCUT2D eigenvalue weighted by molar-refractivity contribution is 6.04. The van der Waals surface area contributed by atoms with E-state index in [1.54, 1.807) is 6.08 Å². The van der Waals surface area contributed by atoms with Crippen LogP contribution >= 0.6 is 0 Å². The topological polar surface area (TPSA) is 95.7 Å². The predicted octanol–water partition coefficient (Wildman–Crippen LogP) is 4.41. The fraction of sp³-hybridized carbons (Fsp3) is 0.433. The molecule has 3 amide bonds. The van der Waals surface area contributed by atoms with Crippen LogP contribution in [0.1, 0.15) is 39.5 Å². The summed E-state index contributed by atoms with van der Waals surface area (Å²) in [6.07, 6.45) is 4.63. The Morgan fingerprint density at radius 1 is 1.05 bits per heavy atom. The largest absolute Gasteiger partial charge is 0.369 e. The molecule has 0 aromatic heterocycles. The Morgan fingerprint density at radius 3 is 2.30 bits per heavy atom. The molecule has 4 rings (SSSR count). The first-order chi connectivity index (χ1) is 17.8. The number of hydrogen-bond donors (Lipinski definition) is 2. The average Bonchev–Trinajstić information content (AvgIpc) is 3.72. The zero-order valence-corrected chi connectivity index (χ0v) is 21.8. The van der Waals surface area contributed by atoms with E-state index in [0.29, 0.717) is 25.3 Å². The van der Waals surface area contributed by atoms with Crippen LogP contribution < -0.4 is 20.9 Å². The first kappa shape index (κ1) is 26.5. The summed E-state index contributed by atoms with van der Waals surface area (Å²) in [6.45, 7) is 8.67. The van der Waals surface area contributed by atoms with Crippen LogP contribution in [0.2, 0.25) is 0 Å². The van der Waals surface area contributed by atoms with Crippen molar-refractivity contribution in [3.05, 3.63) is 67.3 Å². The number of primary amides is 1. The number of benzene rings is 2. The van der Waals surface area contributed by atoms with Gasteiger partial charge in [-0.1, -0.05) is 50.3 Å². The minimum absolute atomic E-state index is 0.131. The second-order valence-corrected chi connectivity index (χ2v) is 10.7. The van der Waals surface area contributed by atoms with Gasteiger partial charge in [-0.25, -0.2) is 0 Å². The molecule has 2 aliphatic rings. The number of nitrogens with two attached hydrogens (primary N) is 1. The number of carbonyl (C=O) groups is 3. The number of para-hydroxylation sites is 3. The quantitative estimate of drug-likeness (QED) is 0.445. The highest BCUT2D eigenvalue weighted by Gasteiger charge is 2.40. The maximum Gasteiger partial charge on any atom is 0.251 e. The van der Waals surface area contributed by atoms with Crippen molar-refractivity contribution in [2.75, 3.05) is 22.9 Å². The molecule has 3 atom stereocenters. The van der Waals surface area contributed by atoms with E-state index in [2.05, 4.69) is 16.8 Å². The number of nitrogens with zero attached hydrogens (tertiary/aromatic N) is 2. The van der Waals surface area contributed by atoms with Crippen LogP contribution in [0.25, 0.3) is 0 Å². The van der Waals surface area contributed by atoms with Gasteiger partial charge in [-0.2, -0.15) is 0 Å². The van der Waals surface area contributed by atoms with Crippen LogP contribution in [0.5, 0.6) is 0 Å². The lowest BCUT2D eigenvalue weighted by Crippen LogP contribution is -2.54. The standard InChI is InChI=1S/C30H38N4O3/c1-4-10-23(28(31)35)24(17-20(2)3)29(36)32-25-19-33(22-11-6-5-7-12-22)26-13-8-9-14-27(26)34(30(25)37)18-21-15-16-21/h4-9,11-14,20-21,23-25H,1,10,15-19H2,2-3H3,(H2,31,35)(H,32,36). The Balaban J connectivity index is 1.70. The Bertz CT molecular complexity index is 1130. The van der Waals surface area contributed by atoms with Gasteiger partial charge in [-0.05, 0) is 61.8 Å². The van der Waals surface area contributed by atoms with Gasteiger partial charge in [0.25, 0.3) is 5.91 Å². The summed E-state index contributed by atoms with van der Waals surface area (Å²) in [5.41, 5.74) is 8.43. The molecule has 0 radical (unpaired) electrons. The fourth-order valence-electron chi connectivity index (χ4n) is 5.19. The number of fused-ring (bicyclic) bond motifs is 1. The van der Waals surface area contributed by atoms with E-state index >= 15 is 0 Å². The molecule has 0 spiro atoms. The average molecular weight is 503 g/mol. The van der Waals surface area contributed by atoms with Crippen LogP contribution in [0.15, 0.2) is 67.3 Å². The van der Waals surface area contributed by atoms with Gasteiger partial charge in [0.1, 0.15) is 6.04 Å². The highest BCUT2D eigenvalue weighted by atomic mass is 16.2. The van der Waals surface area contributed by atoms with E-state index in [4.69, 9.17) is 5.73 Å². The van der Waals surface area contributed by atoms with E-state index in [1.165, 1.54) is 0 Å². The monoisotopic (exact) mass is 502 g/mol. The third-order valence-electron chi connectivity index (χ3n) is 7.25. The van der Waals surface area contributed by atoms with Crippen molar-refractivity contribution < 1.29 is 14.4 Å². The molecule has 7 nitrogen and oxygen atoms in total. The van der Waals surface area contributed by atoms with Crippen LogP contribution in [-0.4, -0.2) is 36.9 Å². The number of amides is 3. The Hall–Kier alpha value is -3.61. The van der Waals surface area contributed by atoms with E-state index < -0.39 is 23.8 Å². The minimum Gasteiger partial charge on any atom is -0.369 e. The van der Waals surface area contributed by atoms with E-state index in [-0.39, 0.29) is 24.3 Å². The second-order valence-electron chi connectivity index (χ2n) is 10.7. The number of allylic oxidation sites excluding steroid dienone is 1. The molecular formula is C30H38N4O3. The van der Waals surface area contributed by atoms with Crippen molar-refractivity contribution in [1.82, 2.24) is 5.32 Å². The van der Waals surface area contributed by atoms with Gasteiger partial charge < -0.3 is 20.9 Å². The first-order valence-corrected chi connectivity index (χ1v) is 13.2. The fourth-order valence-corrected chi connectivity index (χ4v) is 5.19. The molecule has 1 aliphatic carbocycles. The van der Waals surface area contributed by atoms with Gasteiger partial charge in [0.2, 0.25) is 11.8 Å². The molecule has 1 heterocycles. The normalized spacial score (nSPS) is 19.1. The first-order valence-electron chi connectivity index (χ1n) is 13.2. The molecule has 1 fully saturated rings. The van der Waals surface area contributed by atoms with Gasteiger partial charge in [-0.15, -0.1) is 6.58 Å². The van der Waals surface area contributed by atoms with Crippen molar-refractivity contribution in [2.45, 2.75) is 45.6 Å². The minimum atomic E-state index is -0.786. The van der Waals surface area contributed by atoms with Crippen LogP contribution in [0, 0.1) is 23.7 Å². The summed E-state index contributed by atoms with van der Waals surface area (Å²) in [6, 6.07) is 17.0. The van der Waals surface area contributed by atoms with Crippen molar-refractivity contribution >= 4 is 34.8 Å². The lowest BCUT2D eigenvalue weighted by molar-refractivity contribution is -0.135. The van der Waals surface area contributed by atoms with Gasteiger partial charge in [-0.3, -0.25) is 14.4 Å². The SMILES string of the molecule is C=CCC(C(N)=O)C(CC(C)C)C(=O)NC1CN(c2ccccc2)c2ccccc2N(CC2CC2)C1=O. The van der Waals surface area contributed by atoms with E-state index in [1.807, 2.05) is 73.3 Å². The summed E-state index contributed by atoms with van der Waals surface area (Å²) >= 11 is 0. The van der Waals surface area contributed by atoms with Gasteiger partial charge in [0.05, 0.1) is 29.8 Å². The third kappa shape index (κ3) is 6.21. The zero-order valence-electron chi connectivity index (χ0n) is 21.8. The Kier molecular flexibility index (Phi) is 8.31. The summed E-state index contributed by atoms with van der Waals surface area (Å²) in [5, 5.41) is 3.05. The number of carbonyl (C=O) groups excluding carboxylic acids is 3. The molecular weight excluding hydrogens is 464 g/mol. The maximum absolute atomic E-state index is 14.0. The molecule has 196 valence electrons. The molecule has 0 saturated heterocycles. The molecule has 1 aliphatic heterocycles. The van der Waals surface area contributed by atoms with Crippen molar-refractivity contribution in [2.24, 2.45) is 29.4 Å². The summed E-state index contributed by atoms with van der Waals surface area (Å²) in [7, 11) is 0. The Morgan fingerprint density at radius 2 is 1.70 bits per heavy atom. The molecule has 7 heteroatoms. The smallest absolute Gasteiger partial charge is 0.251 e. The van der Waals surface area contributed by atoms with Crippen molar-refractivity contribution in [3.8, 4) is 0 Å². The van der Waals surface area contributed by atoms with E-state index in [0.717, 1.165) is 29.9 Å². The van der Waals surface area contributed by atoms with Gasteiger partial charge >= 0.3 is 0 Å². The number of anilines is 3. The predicted molar refractivity (Wildman–Crippen MR) is 147 cm³/mol. The number of hydrogen-bond acceptors (Lipinski definition) is 4. The second kappa shape index (κ2) is 11.6. The summed E-state index contributed by atoms with van der Waals surface area (Å²) < 4.78 is 0. The zero-order chi connectivity index (χ0) is 26.5. The highest BCUT2D eigenvalue weighted by Crippen LogP contribution is 2.40. The Labute approximate surface area is 219 Å². The lowest BCUT2D eigenvalue weighted by atomic mass is 9.82. The number of rotatable bonds is 11. The molecule has 2 aromatic rings. The third-order valence-corrected chi connectivity index (χ3v) is 7.25. The van der Waals surface area contributed by atoms with Crippen molar-refractivity contribution in [1.29, 1.82) is 0 Å². The maximum atomic E-state index is 14.0. The van der Waals surface area contributed by atoms with Gasteiger partial charge in [0, 0.05) is 12.2 Å². The molecule has 0 bridgehead atoms. The van der Waals surface area contributed by atoms with Crippen LogP contribution in [0.3, 0.4) is 0 Å². The molecule has 3 unspecified atom stereocenters. The molecule has 3 N–H and O–H groups in total. The molecule has 2 aromatic carbocycles. The summed E-state index contributed by atoms with van der Waals surface area (Å²) in [5.74, 6) is -1.65. The van der Waals surface area contributed by atoms with Crippen LogP contribution in [-0.2, 0) is 14.4 Å². The van der Waals surface area contributed by atoms with Crippen molar-refractivity contribution in [3.63, 3.8) is 0 Å². The summed E-state index contributed by atoms with van der Waals surface area (Å²) in [4.78, 5) is 44.0. The van der Waals surface area contributed by atoms with E-state index in [9.17, 15) is 14.4 Å².